The number of nitrogens with one attached hydrogen (secondary N) is 1. The molecule has 28 heavy (non-hydrogen) atoms. The standard InChI is InChI=1S/C21H20ClNO5/c1-13-4-10-17(22)12-18(13)23-20(25)14(2)28-19(24)11-7-15-5-8-16(9-6-15)21(26)27-3/h4-12,14H,1-3H3,(H,23,25)/b11-7+/t14-/m0/s1. The number of aryl methyl sites for hydroxylation is 1. The van der Waals surface area contributed by atoms with Crippen LogP contribution in [0.1, 0.15) is 28.4 Å². The molecule has 0 saturated carbocycles. The van der Waals surface area contributed by atoms with Gasteiger partial charge >= 0.3 is 11.9 Å². The fourth-order valence-corrected chi connectivity index (χ4v) is 2.41. The third-order valence-electron chi connectivity index (χ3n) is 3.86. The van der Waals surface area contributed by atoms with Crippen LogP contribution in [0.15, 0.2) is 48.5 Å². The average Bonchev–Trinajstić information content (AvgIpc) is 2.68. The molecular weight excluding hydrogens is 382 g/mol. The third kappa shape index (κ3) is 5.96. The number of methoxy groups -OCH3 is 1. The van der Waals surface area contributed by atoms with Crippen LogP contribution < -0.4 is 5.32 Å². The van der Waals surface area contributed by atoms with Crippen LogP contribution in [0.2, 0.25) is 5.02 Å². The molecule has 0 bridgehead atoms. The molecule has 0 saturated heterocycles. The second-order valence-electron chi connectivity index (χ2n) is 5.97. The van der Waals surface area contributed by atoms with Crippen molar-refractivity contribution in [3.63, 3.8) is 0 Å². The van der Waals surface area contributed by atoms with Crippen molar-refractivity contribution in [3.05, 3.63) is 70.3 Å². The minimum atomic E-state index is -0.989. The molecule has 2 aromatic rings. The molecule has 0 radical (unpaired) electrons. The number of hydrogen-bond donors (Lipinski definition) is 1. The second-order valence-corrected chi connectivity index (χ2v) is 6.41. The van der Waals surface area contributed by atoms with E-state index in [2.05, 4.69) is 10.1 Å². The fourth-order valence-electron chi connectivity index (χ4n) is 2.24. The van der Waals surface area contributed by atoms with Gasteiger partial charge in [0.15, 0.2) is 6.10 Å². The van der Waals surface area contributed by atoms with Crippen molar-refractivity contribution < 1.29 is 23.9 Å². The molecule has 2 rings (SSSR count). The van der Waals surface area contributed by atoms with Crippen molar-refractivity contribution in [1.82, 2.24) is 0 Å². The van der Waals surface area contributed by atoms with Gasteiger partial charge in [0.1, 0.15) is 0 Å². The van der Waals surface area contributed by atoms with Crippen molar-refractivity contribution in [2.45, 2.75) is 20.0 Å². The molecule has 0 aromatic heterocycles. The first-order chi connectivity index (χ1) is 13.3. The zero-order valence-corrected chi connectivity index (χ0v) is 16.4. The smallest absolute Gasteiger partial charge is 0.337 e. The first-order valence-electron chi connectivity index (χ1n) is 8.44. The van der Waals surface area contributed by atoms with Crippen molar-refractivity contribution in [1.29, 1.82) is 0 Å². The zero-order valence-electron chi connectivity index (χ0n) is 15.7. The van der Waals surface area contributed by atoms with Gasteiger partial charge in [0, 0.05) is 16.8 Å². The number of benzene rings is 2. The highest BCUT2D eigenvalue weighted by molar-refractivity contribution is 6.31. The van der Waals surface area contributed by atoms with Crippen LogP contribution in [0.4, 0.5) is 5.69 Å². The Balaban J connectivity index is 1.92. The van der Waals surface area contributed by atoms with Crippen LogP contribution >= 0.6 is 11.6 Å². The Hall–Kier alpha value is -3.12. The van der Waals surface area contributed by atoms with Gasteiger partial charge in [0.25, 0.3) is 5.91 Å². The number of esters is 2. The van der Waals surface area contributed by atoms with Crippen LogP contribution in [-0.4, -0.2) is 31.1 Å². The quantitative estimate of drug-likeness (QED) is 0.584. The van der Waals surface area contributed by atoms with Crippen LogP contribution in [0.3, 0.4) is 0 Å². The van der Waals surface area contributed by atoms with Gasteiger partial charge in [-0.2, -0.15) is 0 Å². The van der Waals surface area contributed by atoms with E-state index in [1.54, 1.807) is 42.5 Å². The maximum absolute atomic E-state index is 12.2. The van der Waals surface area contributed by atoms with Crippen molar-refractivity contribution >= 4 is 41.2 Å². The first kappa shape index (κ1) is 21.2. The number of carbonyl (C=O) groups is 3. The average molecular weight is 402 g/mol. The molecule has 1 amide bonds. The van der Waals surface area contributed by atoms with Crippen molar-refractivity contribution in [3.8, 4) is 0 Å². The topological polar surface area (TPSA) is 81.7 Å². The molecule has 0 fully saturated rings. The van der Waals surface area contributed by atoms with E-state index in [1.807, 2.05) is 6.92 Å². The summed E-state index contributed by atoms with van der Waals surface area (Å²) in [6.45, 7) is 3.31. The minimum Gasteiger partial charge on any atom is -0.465 e. The van der Waals surface area contributed by atoms with Gasteiger partial charge in [-0.1, -0.05) is 29.8 Å². The summed E-state index contributed by atoms with van der Waals surface area (Å²) in [5, 5.41) is 3.18. The molecule has 1 atom stereocenters. The van der Waals surface area contributed by atoms with E-state index >= 15 is 0 Å². The van der Waals surface area contributed by atoms with Crippen LogP contribution in [0.5, 0.6) is 0 Å². The summed E-state index contributed by atoms with van der Waals surface area (Å²) in [5.41, 5.74) is 2.49. The minimum absolute atomic E-state index is 0.406. The number of carbonyl (C=O) groups excluding carboxylic acids is 3. The van der Waals surface area contributed by atoms with Crippen molar-refractivity contribution in [2.75, 3.05) is 12.4 Å². The first-order valence-corrected chi connectivity index (χ1v) is 8.82. The Morgan fingerprint density at radius 1 is 1.11 bits per heavy atom. The van der Waals surface area contributed by atoms with Gasteiger partial charge in [-0.05, 0) is 55.3 Å². The fraction of sp³-hybridized carbons (Fsp3) is 0.190. The Bertz CT molecular complexity index is 906. The number of anilines is 1. The molecular formula is C21H20ClNO5. The van der Waals surface area contributed by atoms with E-state index in [-0.39, 0.29) is 0 Å². The second kappa shape index (κ2) is 9.71. The Labute approximate surface area is 168 Å². The highest BCUT2D eigenvalue weighted by atomic mass is 35.5. The Kier molecular flexibility index (Phi) is 7.35. The Morgan fingerprint density at radius 3 is 2.43 bits per heavy atom. The monoisotopic (exact) mass is 401 g/mol. The van der Waals surface area contributed by atoms with Gasteiger partial charge < -0.3 is 14.8 Å². The van der Waals surface area contributed by atoms with Crippen LogP contribution in [-0.2, 0) is 19.1 Å². The lowest BCUT2D eigenvalue weighted by atomic mass is 10.1. The van der Waals surface area contributed by atoms with Gasteiger partial charge in [0.05, 0.1) is 12.7 Å². The molecule has 7 heteroatoms. The molecule has 0 heterocycles. The van der Waals surface area contributed by atoms with E-state index in [0.29, 0.717) is 21.8 Å². The van der Waals surface area contributed by atoms with Gasteiger partial charge in [0.2, 0.25) is 0 Å². The molecule has 0 spiro atoms. The predicted octanol–water partition coefficient (Wildman–Crippen LogP) is 4.02. The molecule has 0 aliphatic heterocycles. The van der Waals surface area contributed by atoms with Crippen LogP contribution in [0.25, 0.3) is 6.08 Å². The molecule has 146 valence electrons. The van der Waals surface area contributed by atoms with E-state index < -0.39 is 23.9 Å². The largest absolute Gasteiger partial charge is 0.465 e. The maximum Gasteiger partial charge on any atom is 0.337 e. The highest BCUT2D eigenvalue weighted by Crippen LogP contribution is 2.20. The summed E-state index contributed by atoms with van der Waals surface area (Å²) in [6.07, 6.45) is 1.74. The molecule has 1 N–H and O–H groups in total. The number of rotatable bonds is 6. The lowest BCUT2D eigenvalue weighted by Gasteiger charge is -2.14. The van der Waals surface area contributed by atoms with E-state index in [9.17, 15) is 14.4 Å². The lowest BCUT2D eigenvalue weighted by molar-refractivity contribution is -0.148. The van der Waals surface area contributed by atoms with E-state index in [4.69, 9.17) is 16.3 Å². The molecule has 6 nitrogen and oxygen atoms in total. The Morgan fingerprint density at radius 2 is 1.79 bits per heavy atom. The molecule has 2 aromatic carbocycles. The zero-order chi connectivity index (χ0) is 20.7. The molecule has 0 unspecified atom stereocenters. The number of hydrogen-bond acceptors (Lipinski definition) is 5. The summed E-state index contributed by atoms with van der Waals surface area (Å²) in [7, 11) is 1.30. The normalized spacial score (nSPS) is 11.7. The van der Waals surface area contributed by atoms with Gasteiger partial charge in [-0.15, -0.1) is 0 Å². The lowest BCUT2D eigenvalue weighted by Crippen LogP contribution is -2.29. The number of halogens is 1. The summed E-state index contributed by atoms with van der Waals surface area (Å²) in [6, 6.07) is 11.6. The summed E-state index contributed by atoms with van der Waals surface area (Å²) in [5.74, 6) is -1.57. The number of amides is 1. The molecule has 0 aliphatic rings. The predicted molar refractivity (Wildman–Crippen MR) is 107 cm³/mol. The van der Waals surface area contributed by atoms with Gasteiger partial charge in [-0.3, -0.25) is 4.79 Å². The van der Waals surface area contributed by atoms with E-state index in [0.717, 1.165) is 5.56 Å². The summed E-state index contributed by atoms with van der Waals surface area (Å²) in [4.78, 5) is 35.5. The third-order valence-corrected chi connectivity index (χ3v) is 4.10. The summed E-state index contributed by atoms with van der Waals surface area (Å²) >= 11 is 5.93. The van der Waals surface area contributed by atoms with Crippen molar-refractivity contribution in [2.24, 2.45) is 0 Å². The van der Waals surface area contributed by atoms with Gasteiger partial charge in [-0.25, -0.2) is 9.59 Å². The van der Waals surface area contributed by atoms with E-state index in [1.165, 1.54) is 26.2 Å². The molecule has 0 aliphatic carbocycles. The SMILES string of the molecule is COC(=O)c1ccc(/C=C/C(=O)O[C@@H](C)C(=O)Nc2cc(Cl)ccc2C)cc1. The number of ether oxygens (including phenoxy) is 2. The maximum atomic E-state index is 12.2. The van der Waals surface area contributed by atoms with Crippen LogP contribution in [0, 0.1) is 6.92 Å². The summed E-state index contributed by atoms with van der Waals surface area (Å²) < 4.78 is 9.73. The highest BCUT2D eigenvalue weighted by Gasteiger charge is 2.17.